The third kappa shape index (κ3) is 5.47. The number of rotatable bonds is 8. The zero-order valence-corrected chi connectivity index (χ0v) is 17.7. The average molecular weight is 424 g/mol. The molecule has 0 aromatic rings. The number of fused-ring (bicyclic) bond motifs is 1. The van der Waals surface area contributed by atoms with Crippen molar-refractivity contribution in [1.82, 2.24) is 10.6 Å². The Labute approximate surface area is 176 Å². The van der Waals surface area contributed by atoms with Gasteiger partial charge in [0, 0.05) is 18.6 Å². The third-order valence-corrected chi connectivity index (χ3v) is 5.55. The SMILES string of the molecule is CC(=O)NC1C(O)[C@H](O)C(CO)O[C@H]1OC1=CC2CC(NCCC(C)C)N=C2C=C1. The van der Waals surface area contributed by atoms with Crippen LogP contribution < -0.4 is 10.6 Å². The molecule has 5 unspecified atom stereocenters. The second-order valence-corrected chi connectivity index (χ2v) is 8.50. The monoisotopic (exact) mass is 423 g/mol. The number of carbonyl (C=O) groups excluding carboxylic acids is 1. The van der Waals surface area contributed by atoms with Crippen LogP contribution in [0.2, 0.25) is 0 Å². The summed E-state index contributed by atoms with van der Waals surface area (Å²) in [5, 5.41) is 36.0. The first-order valence-corrected chi connectivity index (χ1v) is 10.6. The Bertz CT molecular complexity index is 707. The molecule has 3 rings (SSSR count). The maximum Gasteiger partial charge on any atom is 0.223 e. The van der Waals surface area contributed by atoms with Crippen molar-refractivity contribution in [2.45, 2.75) is 70.4 Å². The first kappa shape index (κ1) is 22.9. The van der Waals surface area contributed by atoms with Gasteiger partial charge in [-0.3, -0.25) is 15.1 Å². The maximum absolute atomic E-state index is 11.6. The molecule has 0 aromatic carbocycles. The van der Waals surface area contributed by atoms with Crippen LogP contribution in [0, 0.1) is 11.8 Å². The summed E-state index contributed by atoms with van der Waals surface area (Å²) in [5.74, 6) is 0.882. The predicted octanol–water partition coefficient (Wildman–Crippen LogP) is -0.177. The summed E-state index contributed by atoms with van der Waals surface area (Å²) in [7, 11) is 0. The molecular formula is C21H33N3O6. The van der Waals surface area contributed by atoms with Crippen LogP contribution in [-0.2, 0) is 14.3 Å². The van der Waals surface area contributed by atoms with Crippen LogP contribution in [0.25, 0.3) is 0 Å². The summed E-state index contributed by atoms with van der Waals surface area (Å²) in [4.78, 5) is 16.3. The molecule has 168 valence electrons. The maximum atomic E-state index is 11.6. The van der Waals surface area contributed by atoms with E-state index in [4.69, 9.17) is 14.5 Å². The second kappa shape index (κ2) is 10.0. The standard InChI is InChI=1S/C21H33N3O6/c1-11(2)6-7-22-17-9-13-8-14(4-5-15(13)24-17)29-21-18(23-12(3)26)20(28)19(27)16(10-25)30-21/h4-5,8,11,13,16-22,25,27-28H,6-7,9-10H2,1-3H3,(H,23,26)/t13?,16?,17?,18?,19-,20?,21-/m1/s1. The summed E-state index contributed by atoms with van der Waals surface area (Å²) in [5.41, 5.74) is 0.982. The second-order valence-electron chi connectivity index (χ2n) is 8.50. The lowest BCUT2D eigenvalue weighted by atomic mass is 9.95. The first-order chi connectivity index (χ1) is 14.3. The van der Waals surface area contributed by atoms with Gasteiger partial charge in [-0.15, -0.1) is 0 Å². The predicted molar refractivity (Wildman–Crippen MR) is 110 cm³/mol. The molecule has 0 bridgehead atoms. The molecule has 9 heteroatoms. The van der Waals surface area contributed by atoms with Gasteiger partial charge in [0.2, 0.25) is 12.2 Å². The molecule has 30 heavy (non-hydrogen) atoms. The molecular weight excluding hydrogens is 390 g/mol. The molecule has 0 saturated carbocycles. The number of amides is 1. The molecule has 5 N–H and O–H groups in total. The molecule has 2 heterocycles. The summed E-state index contributed by atoms with van der Waals surface area (Å²) in [6.07, 6.45) is 2.86. The summed E-state index contributed by atoms with van der Waals surface area (Å²) < 4.78 is 11.6. The number of nitrogens with zero attached hydrogens (tertiary/aromatic N) is 1. The van der Waals surface area contributed by atoms with Crippen LogP contribution in [0.1, 0.15) is 33.6 Å². The van der Waals surface area contributed by atoms with E-state index in [-0.39, 0.29) is 18.0 Å². The summed E-state index contributed by atoms with van der Waals surface area (Å²) in [6, 6.07) is -0.973. The van der Waals surface area contributed by atoms with Crippen molar-refractivity contribution in [3.63, 3.8) is 0 Å². The van der Waals surface area contributed by atoms with Gasteiger partial charge in [0.05, 0.1) is 6.61 Å². The number of hydrogen-bond donors (Lipinski definition) is 5. The quantitative estimate of drug-likeness (QED) is 0.366. The fourth-order valence-corrected chi connectivity index (χ4v) is 3.88. The molecule has 1 amide bonds. The van der Waals surface area contributed by atoms with Crippen molar-refractivity contribution in [1.29, 1.82) is 0 Å². The largest absolute Gasteiger partial charge is 0.463 e. The van der Waals surface area contributed by atoms with Gasteiger partial charge >= 0.3 is 0 Å². The lowest BCUT2D eigenvalue weighted by molar-refractivity contribution is -0.258. The van der Waals surface area contributed by atoms with Crippen molar-refractivity contribution < 1.29 is 29.6 Å². The normalized spacial score (nSPS) is 35.6. The fourth-order valence-electron chi connectivity index (χ4n) is 3.88. The topological polar surface area (TPSA) is 133 Å². The van der Waals surface area contributed by atoms with E-state index in [1.807, 2.05) is 12.2 Å². The molecule has 2 aliphatic heterocycles. The fraction of sp³-hybridized carbons (Fsp3) is 0.714. The molecule has 1 saturated heterocycles. The molecule has 0 aromatic heterocycles. The lowest BCUT2D eigenvalue weighted by Crippen LogP contribution is -2.64. The van der Waals surface area contributed by atoms with Crippen LogP contribution in [0.5, 0.6) is 0 Å². The highest BCUT2D eigenvalue weighted by Gasteiger charge is 2.46. The highest BCUT2D eigenvalue weighted by Crippen LogP contribution is 2.30. The third-order valence-electron chi connectivity index (χ3n) is 5.55. The van der Waals surface area contributed by atoms with E-state index in [1.54, 1.807) is 6.08 Å². The molecule has 1 fully saturated rings. The number of carbonyl (C=O) groups is 1. The Hall–Kier alpha value is -1.78. The number of aliphatic hydroxyl groups is 3. The first-order valence-electron chi connectivity index (χ1n) is 10.6. The van der Waals surface area contributed by atoms with Crippen molar-refractivity contribution >= 4 is 11.6 Å². The zero-order chi connectivity index (χ0) is 21.8. The zero-order valence-electron chi connectivity index (χ0n) is 17.7. The van der Waals surface area contributed by atoms with E-state index < -0.39 is 37.3 Å². The smallest absolute Gasteiger partial charge is 0.223 e. The van der Waals surface area contributed by atoms with E-state index in [0.29, 0.717) is 11.7 Å². The number of aliphatic imine (C=N–C) groups is 1. The van der Waals surface area contributed by atoms with Crippen LogP contribution >= 0.6 is 0 Å². The Morgan fingerprint density at radius 2 is 2.10 bits per heavy atom. The van der Waals surface area contributed by atoms with Gasteiger partial charge in [0.25, 0.3) is 0 Å². The molecule has 7 atom stereocenters. The van der Waals surface area contributed by atoms with E-state index in [2.05, 4.69) is 24.5 Å². The lowest BCUT2D eigenvalue weighted by Gasteiger charge is -2.42. The van der Waals surface area contributed by atoms with Gasteiger partial charge in [-0.25, -0.2) is 0 Å². The van der Waals surface area contributed by atoms with Crippen LogP contribution in [-0.4, -0.2) is 76.9 Å². The van der Waals surface area contributed by atoms with Crippen molar-refractivity contribution in [2.24, 2.45) is 16.8 Å². The molecule has 1 aliphatic carbocycles. The van der Waals surface area contributed by atoms with Crippen molar-refractivity contribution in [2.75, 3.05) is 13.2 Å². The number of allylic oxidation sites excluding steroid dienone is 3. The molecule has 9 nitrogen and oxygen atoms in total. The minimum Gasteiger partial charge on any atom is -0.463 e. The van der Waals surface area contributed by atoms with Crippen LogP contribution in [0.3, 0.4) is 0 Å². The van der Waals surface area contributed by atoms with Crippen molar-refractivity contribution in [3.05, 3.63) is 24.0 Å². The summed E-state index contributed by atoms with van der Waals surface area (Å²) in [6.45, 7) is 6.12. The van der Waals surface area contributed by atoms with E-state index >= 15 is 0 Å². The van der Waals surface area contributed by atoms with E-state index in [1.165, 1.54) is 6.92 Å². The Kier molecular flexibility index (Phi) is 7.65. The van der Waals surface area contributed by atoms with Gasteiger partial charge in [-0.05, 0) is 43.5 Å². The molecule has 0 radical (unpaired) electrons. The highest BCUT2D eigenvalue weighted by atomic mass is 16.7. The van der Waals surface area contributed by atoms with E-state index in [9.17, 15) is 20.1 Å². The van der Waals surface area contributed by atoms with Gasteiger partial charge in [-0.1, -0.05) is 13.8 Å². The average Bonchev–Trinajstić information content (AvgIpc) is 3.09. The van der Waals surface area contributed by atoms with Gasteiger partial charge in [0.1, 0.15) is 36.3 Å². The number of hydrogen-bond acceptors (Lipinski definition) is 8. The van der Waals surface area contributed by atoms with Crippen LogP contribution in [0.4, 0.5) is 0 Å². The molecule has 0 spiro atoms. The van der Waals surface area contributed by atoms with Crippen LogP contribution in [0.15, 0.2) is 29.0 Å². The number of nitrogens with one attached hydrogen (secondary N) is 2. The van der Waals surface area contributed by atoms with E-state index in [0.717, 1.165) is 25.1 Å². The van der Waals surface area contributed by atoms with Crippen molar-refractivity contribution in [3.8, 4) is 0 Å². The molecule has 3 aliphatic rings. The number of ether oxygens (including phenoxy) is 2. The Morgan fingerprint density at radius 1 is 1.33 bits per heavy atom. The van der Waals surface area contributed by atoms with Gasteiger partial charge in [-0.2, -0.15) is 0 Å². The number of aliphatic hydroxyl groups excluding tert-OH is 3. The minimum atomic E-state index is -1.34. The Morgan fingerprint density at radius 3 is 2.77 bits per heavy atom. The van der Waals surface area contributed by atoms with Gasteiger partial charge in [0.15, 0.2) is 0 Å². The summed E-state index contributed by atoms with van der Waals surface area (Å²) >= 11 is 0. The van der Waals surface area contributed by atoms with Gasteiger partial charge < -0.3 is 30.1 Å². The Balaban J connectivity index is 1.64. The minimum absolute atomic E-state index is 0.0674. The highest BCUT2D eigenvalue weighted by molar-refractivity contribution is 6.00.